The van der Waals surface area contributed by atoms with Crippen molar-refractivity contribution in [3.05, 3.63) is 59.2 Å². The summed E-state index contributed by atoms with van der Waals surface area (Å²) in [7, 11) is -3.68. The Morgan fingerprint density at radius 3 is 2.24 bits per heavy atom. The van der Waals surface area contributed by atoms with E-state index in [1.165, 1.54) is 10.4 Å². The van der Waals surface area contributed by atoms with Crippen molar-refractivity contribution >= 4 is 27.5 Å². The van der Waals surface area contributed by atoms with Crippen molar-refractivity contribution in [3.63, 3.8) is 0 Å². The van der Waals surface area contributed by atoms with E-state index in [0.717, 1.165) is 12.8 Å². The maximum atomic E-state index is 13.2. The number of carbonyl (C=O) groups is 2. The number of aryl methyl sites for hydroxylation is 1. The van der Waals surface area contributed by atoms with E-state index in [1.807, 2.05) is 20.8 Å². The van der Waals surface area contributed by atoms with Gasteiger partial charge in [0, 0.05) is 24.2 Å². The van der Waals surface area contributed by atoms with Gasteiger partial charge in [-0.1, -0.05) is 25.1 Å². The molecule has 0 aliphatic carbocycles. The van der Waals surface area contributed by atoms with Gasteiger partial charge in [0.05, 0.1) is 16.1 Å². The van der Waals surface area contributed by atoms with E-state index in [4.69, 9.17) is 0 Å². The Kier molecular flexibility index (Phi) is 7.29. The van der Waals surface area contributed by atoms with E-state index < -0.39 is 21.5 Å². The predicted octanol–water partition coefficient (Wildman–Crippen LogP) is 4.20. The summed E-state index contributed by atoms with van der Waals surface area (Å²) in [4.78, 5) is 25.9. The van der Waals surface area contributed by atoms with Crippen LogP contribution >= 0.6 is 0 Å². The van der Waals surface area contributed by atoms with Gasteiger partial charge in [-0.05, 0) is 76.3 Å². The molecule has 2 aromatic carbocycles. The third-order valence-electron chi connectivity index (χ3n) is 5.74. The van der Waals surface area contributed by atoms with Crippen LogP contribution in [0.15, 0.2) is 47.4 Å². The summed E-state index contributed by atoms with van der Waals surface area (Å²) < 4.78 is 27.8. The molecule has 0 unspecified atom stereocenters. The van der Waals surface area contributed by atoms with Crippen LogP contribution in [0.25, 0.3) is 0 Å². The monoisotopic (exact) mass is 471 g/mol. The zero-order chi connectivity index (χ0) is 24.4. The van der Waals surface area contributed by atoms with Crippen molar-refractivity contribution in [2.24, 2.45) is 5.92 Å². The summed E-state index contributed by atoms with van der Waals surface area (Å²) in [6, 6.07) is 11.4. The summed E-state index contributed by atoms with van der Waals surface area (Å²) in [5.41, 5.74) is 1.18. The molecular formula is C25H33N3O4S. The van der Waals surface area contributed by atoms with Gasteiger partial charge in [0.15, 0.2) is 0 Å². The van der Waals surface area contributed by atoms with Crippen LogP contribution in [0.1, 0.15) is 66.8 Å². The molecule has 2 amide bonds. The Morgan fingerprint density at radius 1 is 0.970 bits per heavy atom. The lowest BCUT2D eigenvalue weighted by Gasteiger charge is -2.29. The molecule has 33 heavy (non-hydrogen) atoms. The van der Waals surface area contributed by atoms with E-state index >= 15 is 0 Å². The topological polar surface area (TPSA) is 95.6 Å². The Balaban J connectivity index is 1.87. The summed E-state index contributed by atoms with van der Waals surface area (Å²) in [6.45, 7) is 10.5. The van der Waals surface area contributed by atoms with Crippen molar-refractivity contribution in [1.29, 1.82) is 0 Å². The van der Waals surface area contributed by atoms with Gasteiger partial charge in [0.25, 0.3) is 11.8 Å². The maximum Gasteiger partial charge on any atom is 0.255 e. The second kappa shape index (κ2) is 9.65. The van der Waals surface area contributed by atoms with Gasteiger partial charge in [0.1, 0.15) is 0 Å². The predicted molar refractivity (Wildman–Crippen MR) is 130 cm³/mol. The van der Waals surface area contributed by atoms with Gasteiger partial charge in [-0.15, -0.1) is 0 Å². The number of anilines is 1. The summed E-state index contributed by atoms with van der Waals surface area (Å²) in [5, 5.41) is 5.68. The van der Waals surface area contributed by atoms with Gasteiger partial charge in [-0.2, -0.15) is 4.31 Å². The minimum Gasteiger partial charge on any atom is -0.347 e. The van der Waals surface area contributed by atoms with E-state index in [1.54, 1.807) is 43.3 Å². The second-order valence-electron chi connectivity index (χ2n) is 9.77. The average molecular weight is 472 g/mol. The number of hydrogen-bond acceptors (Lipinski definition) is 4. The first-order chi connectivity index (χ1) is 15.4. The fourth-order valence-electron chi connectivity index (χ4n) is 3.77. The molecule has 0 radical (unpaired) electrons. The lowest BCUT2D eigenvalue weighted by Crippen LogP contribution is -2.40. The number of carbonyl (C=O) groups excluding carboxylic acids is 2. The van der Waals surface area contributed by atoms with Crippen LogP contribution < -0.4 is 10.6 Å². The zero-order valence-electron chi connectivity index (χ0n) is 19.9. The Labute approximate surface area is 196 Å². The molecule has 8 heteroatoms. The van der Waals surface area contributed by atoms with Crippen molar-refractivity contribution in [1.82, 2.24) is 9.62 Å². The number of sulfonamides is 1. The number of amides is 2. The number of benzene rings is 2. The average Bonchev–Trinajstić information content (AvgIpc) is 2.73. The molecule has 2 N–H and O–H groups in total. The number of nitrogens with zero attached hydrogens (tertiary/aromatic N) is 1. The van der Waals surface area contributed by atoms with E-state index in [9.17, 15) is 18.0 Å². The molecule has 1 heterocycles. The molecule has 1 aliphatic rings. The number of hydrogen-bond donors (Lipinski definition) is 2. The third kappa shape index (κ3) is 6.00. The summed E-state index contributed by atoms with van der Waals surface area (Å²) >= 11 is 0. The zero-order valence-corrected chi connectivity index (χ0v) is 20.8. The van der Waals surface area contributed by atoms with Gasteiger partial charge in [0.2, 0.25) is 10.0 Å². The highest BCUT2D eigenvalue weighted by Gasteiger charge is 2.29. The molecule has 1 fully saturated rings. The van der Waals surface area contributed by atoms with Gasteiger partial charge >= 0.3 is 0 Å². The van der Waals surface area contributed by atoms with Gasteiger partial charge < -0.3 is 10.6 Å². The van der Waals surface area contributed by atoms with E-state index in [0.29, 0.717) is 35.8 Å². The standard InChI is InChI=1S/C25H33N3O4S/c1-17-12-14-28(15-13-17)33(31,32)19-11-10-18(2)21(16-19)23(29)26-22-9-7-6-8-20(22)24(30)27-25(3,4)5/h6-11,16-17H,12-15H2,1-5H3,(H,26,29)(H,27,30). The highest BCUT2D eigenvalue weighted by atomic mass is 32.2. The fourth-order valence-corrected chi connectivity index (χ4v) is 5.26. The highest BCUT2D eigenvalue weighted by Crippen LogP contribution is 2.26. The molecular weight excluding hydrogens is 438 g/mol. The molecule has 178 valence electrons. The molecule has 2 aromatic rings. The molecule has 0 atom stereocenters. The molecule has 0 aromatic heterocycles. The Morgan fingerprint density at radius 2 is 1.61 bits per heavy atom. The quantitative estimate of drug-likeness (QED) is 0.683. The first kappa shape index (κ1) is 24.9. The third-order valence-corrected chi connectivity index (χ3v) is 7.64. The smallest absolute Gasteiger partial charge is 0.255 e. The van der Waals surface area contributed by atoms with E-state index in [-0.39, 0.29) is 16.4 Å². The normalized spacial score (nSPS) is 15.8. The highest BCUT2D eigenvalue weighted by molar-refractivity contribution is 7.89. The Hall–Kier alpha value is -2.71. The fraction of sp³-hybridized carbons (Fsp3) is 0.440. The molecule has 7 nitrogen and oxygen atoms in total. The summed E-state index contributed by atoms with van der Waals surface area (Å²) in [6.07, 6.45) is 1.65. The molecule has 3 rings (SSSR count). The molecule has 1 saturated heterocycles. The van der Waals surface area contributed by atoms with Crippen LogP contribution in [-0.2, 0) is 10.0 Å². The minimum absolute atomic E-state index is 0.103. The van der Waals surface area contributed by atoms with Crippen LogP contribution in [0.5, 0.6) is 0 Å². The van der Waals surface area contributed by atoms with Crippen LogP contribution in [0, 0.1) is 12.8 Å². The van der Waals surface area contributed by atoms with Crippen molar-refractivity contribution < 1.29 is 18.0 Å². The first-order valence-corrected chi connectivity index (χ1v) is 12.7. The lowest BCUT2D eigenvalue weighted by atomic mass is 10.0. The lowest BCUT2D eigenvalue weighted by molar-refractivity contribution is 0.0920. The minimum atomic E-state index is -3.68. The van der Waals surface area contributed by atoms with Crippen LogP contribution in [0.4, 0.5) is 5.69 Å². The first-order valence-electron chi connectivity index (χ1n) is 11.2. The Bertz CT molecular complexity index is 1140. The maximum absolute atomic E-state index is 13.2. The molecule has 0 spiro atoms. The largest absolute Gasteiger partial charge is 0.347 e. The van der Waals surface area contributed by atoms with Crippen molar-refractivity contribution in [3.8, 4) is 0 Å². The number of para-hydroxylation sites is 1. The number of piperidine rings is 1. The van der Waals surface area contributed by atoms with Crippen LogP contribution in [0.3, 0.4) is 0 Å². The van der Waals surface area contributed by atoms with Crippen molar-refractivity contribution in [2.75, 3.05) is 18.4 Å². The second-order valence-corrected chi connectivity index (χ2v) is 11.7. The van der Waals surface area contributed by atoms with Crippen LogP contribution in [0.2, 0.25) is 0 Å². The number of nitrogens with one attached hydrogen (secondary N) is 2. The van der Waals surface area contributed by atoms with Gasteiger partial charge in [-0.3, -0.25) is 9.59 Å². The molecule has 1 aliphatic heterocycles. The molecule has 0 bridgehead atoms. The van der Waals surface area contributed by atoms with Gasteiger partial charge in [-0.25, -0.2) is 8.42 Å². The summed E-state index contributed by atoms with van der Waals surface area (Å²) in [5.74, 6) is -0.259. The van der Waals surface area contributed by atoms with Crippen LogP contribution in [-0.4, -0.2) is 43.2 Å². The van der Waals surface area contributed by atoms with E-state index in [2.05, 4.69) is 17.6 Å². The van der Waals surface area contributed by atoms with Crippen molar-refractivity contribution in [2.45, 2.75) is 57.9 Å². The number of rotatable bonds is 5. The SMILES string of the molecule is Cc1ccc(S(=O)(=O)N2CCC(C)CC2)cc1C(=O)Nc1ccccc1C(=O)NC(C)(C)C. The molecule has 0 saturated carbocycles.